The first-order chi connectivity index (χ1) is 12.8. The van der Waals surface area contributed by atoms with E-state index < -0.39 is 17.5 Å². The number of benzene rings is 1. The van der Waals surface area contributed by atoms with E-state index >= 15 is 0 Å². The molecule has 28 heavy (non-hydrogen) atoms. The molecule has 7 nitrogen and oxygen atoms in total. The Morgan fingerprint density at radius 1 is 1.04 bits per heavy atom. The molecule has 0 aliphatic heterocycles. The summed E-state index contributed by atoms with van der Waals surface area (Å²) in [5.74, 6) is -0.244. The van der Waals surface area contributed by atoms with Crippen LogP contribution < -0.4 is 27.1 Å². The highest BCUT2D eigenvalue weighted by Crippen LogP contribution is 2.18. The van der Waals surface area contributed by atoms with Gasteiger partial charge in [0.05, 0.1) is 6.04 Å². The van der Waals surface area contributed by atoms with Crippen LogP contribution >= 0.6 is 0 Å². The van der Waals surface area contributed by atoms with Crippen molar-refractivity contribution in [1.82, 2.24) is 10.6 Å². The van der Waals surface area contributed by atoms with E-state index in [9.17, 15) is 9.59 Å². The highest BCUT2D eigenvalue weighted by atomic mass is 16.2. The Hall–Kier alpha value is -2.41. The van der Waals surface area contributed by atoms with Gasteiger partial charge in [-0.05, 0) is 26.3 Å². The molecule has 1 rings (SSSR count). The van der Waals surface area contributed by atoms with Crippen molar-refractivity contribution in [3.05, 3.63) is 35.9 Å². The summed E-state index contributed by atoms with van der Waals surface area (Å²) in [7, 11) is 0. The molecule has 0 aromatic heterocycles. The Morgan fingerprint density at radius 3 is 2.07 bits per heavy atom. The highest BCUT2D eigenvalue weighted by molar-refractivity contribution is 5.90. The van der Waals surface area contributed by atoms with Crippen LogP contribution in [0.4, 0.5) is 0 Å². The monoisotopic (exact) mass is 390 g/mol. The van der Waals surface area contributed by atoms with E-state index in [1.807, 2.05) is 71.9 Å². The van der Waals surface area contributed by atoms with Crippen LogP contribution in [-0.4, -0.2) is 41.8 Å². The second-order valence-electron chi connectivity index (χ2n) is 9.15. The summed E-state index contributed by atoms with van der Waals surface area (Å²) in [6.45, 7) is 11.8. The number of nitrogens with one attached hydrogen (secondary N) is 3. The molecule has 0 bridgehead atoms. The summed E-state index contributed by atoms with van der Waals surface area (Å²) in [5.41, 5.74) is 11.3. The maximum absolute atomic E-state index is 12.8. The summed E-state index contributed by atoms with van der Waals surface area (Å²) in [6, 6.07) is 8.46. The Balaban J connectivity index is 2.91. The fourth-order valence-corrected chi connectivity index (χ4v) is 2.84. The Morgan fingerprint density at radius 2 is 1.61 bits per heavy atom. The van der Waals surface area contributed by atoms with Gasteiger partial charge in [-0.3, -0.25) is 26.0 Å². The molecule has 0 unspecified atom stereocenters. The molecule has 0 heterocycles. The van der Waals surface area contributed by atoms with Crippen LogP contribution in [0.25, 0.3) is 0 Å². The topological polar surface area (TPSA) is 124 Å². The fraction of sp³-hybridized carbons (Fsp3) is 0.571. The first-order valence-corrected chi connectivity index (χ1v) is 9.57. The largest absolute Gasteiger partial charge is 0.351 e. The van der Waals surface area contributed by atoms with E-state index in [1.165, 1.54) is 0 Å². The summed E-state index contributed by atoms with van der Waals surface area (Å²) < 4.78 is 0. The number of carbonyl (C=O) groups excluding carboxylic acids is 2. The van der Waals surface area contributed by atoms with Crippen LogP contribution in [-0.2, 0) is 16.0 Å². The smallest absolute Gasteiger partial charge is 0.339 e. The Labute approximate surface area is 168 Å². The number of amides is 1. The lowest BCUT2D eigenvalue weighted by molar-refractivity contribution is -0.489. The van der Waals surface area contributed by atoms with Crippen LogP contribution in [0.1, 0.15) is 47.1 Å². The van der Waals surface area contributed by atoms with Crippen molar-refractivity contribution in [2.75, 3.05) is 6.54 Å². The minimum atomic E-state index is -0.632. The van der Waals surface area contributed by atoms with E-state index in [4.69, 9.17) is 11.5 Å². The molecule has 7 N–H and O–H groups in total. The van der Waals surface area contributed by atoms with Crippen molar-refractivity contribution in [3.63, 3.8) is 0 Å². The molecule has 1 aromatic carbocycles. The van der Waals surface area contributed by atoms with Crippen molar-refractivity contribution in [2.45, 2.75) is 65.6 Å². The lowest BCUT2D eigenvalue weighted by Crippen LogP contribution is -2.87. The zero-order chi connectivity index (χ0) is 21.5. The maximum Gasteiger partial charge on any atom is 0.339 e. The SMILES string of the molecule is CC(C)(C)N[C@@H](CNC(=O)[C@H](Cc1ccccc1)[NH+]=C(N)N)C(=O)C(C)(C)C. The molecule has 1 aromatic rings. The molecule has 0 spiro atoms. The lowest BCUT2D eigenvalue weighted by atomic mass is 9.85. The predicted molar refractivity (Wildman–Crippen MR) is 112 cm³/mol. The van der Waals surface area contributed by atoms with Gasteiger partial charge in [-0.25, -0.2) is 0 Å². The molecule has 0 fully saturated rings. The number of hydrogen-bond donors (Lipinski definition) is 5. The average Bonchev–Trinajstić information content (AvgIpc) is 2.55. The van der Waals surface area contributed by atoms with Gasteiger partial charge in [-0.15, -0.1) is 0 Å². The molecule has 2 atom stereocenters. The standard InChI is InChI=1S/C21H35N5O2/c1-20(2,3)17(27)16(26-21(4,5)6)13-24-18(28)15(25-19(22)23)12-14-10-8-7-9-11-14/h7-11,15-16,26H,12-13H2,1-6H3,(H,24,28)(H4,22,23,25)/p+1/t15-,16-/m0/s1. The molecule has 0 saturated carbocycles. The number of guanidine groups is 1. The van der Waals surface area contributed by atoms with E-state index in [1.54, 1.807) is 0 Å². The lowest BCUT2D eigenvalue weighted by Gasteiger charge is -2.32. The molecule has 7 heteroatoms. The molecule has 156 valence electrons. The fourth-order valence-electron chi connectivity index (χ4n) is 2.84. The predicted octanol–water partition coefficient (Wildman–Crippen LogP) is -0.560. The van der Waals surface area contributed by atoms with Crippen LogP contribution in [0.5, 0.6) is 0 Å². The van der Waals surface area contributed by atoms with Gasteiger partial charge in [0.1, 0.15) is 0 Å². The highest BCUT2D eigenvalue weighted by Gasteiger charge is 2.32. The van der Waals surface area contributed by atoms with E-state index in [2.05, 4.69) is 15.6 Å². The van der Waals surface area contributed by atoms with E-state index in [0.29, 0.717) is 6.42 Å². The Kier molecular flexibility index (Phi) is 8.17. The van der Waals surface area contributed by atoms with Crippen LogP contribution in [0, 0.1) is 5.41 Å². The van der Waals surface area contributed by atoms with Gasteiger partial charge >= 0.3 is 5.96 Å². The van der Waals surface area contributed by atoms with Crippen molar-refractivity contribution >= 4 is 17.6 Å². The number of Topliss-reactive ketones (excluding diaryl/α,β-unsaturated/α-hetero) is 1. The van der Waals surface area contributed by atoms with Crippen LogP contribution in [0.15, 0.2) is 30.3 Å². The van der Waals surface area contributed by atoms with Gasteiger partial charge in [-0.1, -0.05) is 51.1 Å². The first-order valence-electron chi connectivity index (χ1n) is 9.57. The van der Waals surface area contributed by atoms with E-state index in [-0.39, 0.29) is 29.7 Å². The zero-order valence-corrected chi connectivity index (χ0v) is 17.9. The third kappa shape index (κ3) is 8.52. The van der Waals surface area contributed by atoms with Gasteiger partial charge in [-0.2, -0.15) is 0 Å². The summed E-state index contributed by atoms with van der Waals surface area (Å²) >= 11 is 0. The Bertz CT molecular complexity index is 683. The average molecular weight is 391 g/mol. The number of ketones is 1. The molecule has 0 aliphatic carbocycles. The normalized spacial score (nSPS) is 14.1. The second-order valence-corrected chi connectivity index (χ2v) is 9.15. The van der Waals surface area contributed by atoms with Gasteiger partial charge in [0.2, 0.25) is 0 Å². The molecule has 0 radical (unpaired) electrons. The van der Waals surface area contributed by atoms with Gasteiger partial charge < -0.3 is 10.6 Å². The number of hydrogen-bond acceptors (Lipinski definition) is 3. The van der Waals surface area contributed by atoms with Crippen LogP contribution in [0.2, 0.25) is 0 Å². The zero-order valence-electron chi connectivity index (χ0n) is 17.9. The summed E-state index contributed by atoms with van der Waals surface area (Å²) in [4.78, 5) is 28.4. The molecule has 1 amide bonds. The quantitative estimate of drug-likeness (QED) is 0.301. The molecule has 0 saturated heterocycles. The minimum absolute atomic E-state index is 0.0220. The first kappa shape index (κ1) is 23.6. The van der Waals surface area contributed by atoms with Crippen molar-refractivity contribution < 1.29 is 14.6 Å². The number of nitrogens with two attached hydrogens (primary N) is 2. The second kappa shape index (κ2) is 9.68. The number of rotatable bonds is 8. The molecular weight excluding hydrogens is 354 g/mol. The van der Waals surface area contributed by atoms with Crippen molar-refractivity contribution in [1.29, 1.82) is 0 Å². The van der Waals surface area contributed by atoms with Gasteiger partial charge in [0, 0.05) is 23.9 Å². The van der Waals surface area contributed by atoms with Gasteiger partial charge in [0.25, 0.3) is 5.91 Å². The third-order valence-electron chi connectivity index (χ3n) is 4.08. The van der Waals surface area contributed by atoms with Crippen molar-refractivity contribution in [3.8, 4) is 0 Å². The van der Waals surface area contributed by atoms with Gasteiger partial charge in [0.15, 0.2) is 11.8 Å². The van der Waals surface area contributed by atoms with Crippen molar-refractivity contribution in [2.24, 2.45) is 16.9 Å². The third-order valence-corrected chi connectivity index (χ3v) is 4.08. The number of carbonyl (C=O) groups is 2. The molecule has 0 aliphatic rings. The van der Waals surface area contributed by atoms with E-state index in [0.717, 1.165) is 5.56 Å². The minimum Gasteiger partial charge on any atom is -0.351 e. The van der Waals surface area contributed by atoms with Crippen LogP contribution in [0.3, 0.4) is 0 Å². The maximum atomic E-state index is 12.8. The molecular formula is C21H36N5O2+. The summed E-state index contributed by atoms with van der Waals surface area (Å²) in [6.07, 6.45) is 0.426. The summed E-state index contributed by atoms with van der Waals surface area (Å²) in [5, 5.41) is 6.18.